The molecule has 2 saturated carbocycles. The van der Waals surface area contributed by atoms with E-state index in [9.17, 15) is 13.5 Å². The smallest absolute Gasteiger partial charge is 0.277 e. The van der Waals surface area contributed by atoms with E-state index in [1.54, 1.807) is 0 Å². The monoisotopic (exact) mass is 234 g/mol. The minimum absolute atomic E-state index is 0.114. The third kappa shape index (κ3) is 3.41. The van der Waals surface area contributed by atoms with Crippen LogP contribution in [0.2, 0.25) is 0 Å². The van der Waals surface area contributed by atoms with E-state index >= 15 is 0 Å². The summed E-state index contributed by atoms with van der Waals surface area (Å²) in [4.78, 5) is 0. The van der Waals surface area contributed by atoms with Crippen LogP contribution in [-0.4, -0.2) is 31.7 Å². The molecule has 2 atom stereocenters. The fourth-order valence-corrected chi connectivity index (χ4v) is 3.32. The average Bonchev–Trinajstić information content (AvgIpc) is 2.91. The molecule has 0 spiro atoms. The summed E-state index contributed by atoms with van der Waals surface area (Å²) in [6, 6.07) is -0.196. The maximum absolute atomic E-state index is 11.6. The molecule has 15 heavy (non-hydrogen) atoms. The summed E-state index contributed by atoms with van der Waals surface area (Å²) in [6.45, 7) is 0. The molecule has 88 valence electrons. The van der Waals surface area contributed by atoms with Crippen molar-refractivity contribution in [2.75, 3.05) is 0 Å². The lowest BCUT2D eigenvalue weighted by molar-refractivity contribution is 0.101. The molecule has 2 aliphatic rings. The van der Waals surface area contributed by atoms with Crippen molar-refractivity contribution in [1.29, 1.82) is 0 Å². The van der Waals surface area contributed by atoms with Gasteiger partial charge in [0.25, 0.3) is 10.2 Å². The first kappa shape index (κ1) is 11.3. The summed E-state index contributed by atoms with van der Waals surface area (Å²) in [7, 11) is -3.41. The van der Waals surface area contributed by atoms with Gasteiger partial charge in [0.05, 0.1) is 6.10 Å². The van der Waals surface area contributed by atoms with Gasteiger partial charge in [0.15, 0.2) is 0 Å². The highest BCUT2D eigenvalue weighted by molar-refractivity contribution is 7.87. The summed E-state index contributed by atoms with van der Waals surface area (Å²) in [6.07, 6.45) is 4.70. The van der Waals surface area contributed by atoms with Crippen LogP contribution in [-0.2, 0) is 10.2 Å². The van der Waals surface area contributed by atoms with E-state index in [4.69, 9.17) is 0 Å². The van der Waals surface area contributed by atoms with Gasteiger partial charge in [0, 0.05) is 12.1 Å². The highest BCUT2D eigenvalue weighted by Gasteiger charge is 2.31. The Kier molecular flexibility index (Phi) is 3.30. The molecule has 6 heteroatoms. The maximum atomic E-state index is 11.6. The Hall–Kier alpha value is -0.170. The number of nitrogens with one attached hydrogen (secondary N) is 2. The molecule has 0 bridgehead atoms. The summed E-state index contributed by atoms with van der Waals surface area (Å²) >= 11 is 0. The van der Waals surface area contributed by atoms with Crippen molar-refractivity contribution in [2.24, 2.45) is 0 Å². The van der Waals surface area contributed by atoms with Gasteiger partial charge in [-0.05, 0) is 25.7 Å². The molecule has 2 rings (SSSR count). The second-order valence-electron chi connectivity index (χ2n) is 4.47. The molecular formula is C9H18N2O3S. The molecule has 0 amide bonds. The lowest BCUT2D eigenvalue weighted by Crippen LogP contribution is -2.49. The van der Waals surface area contributed by atoms with Crippen LogP contribution < -0.4 is 9.44 Å². The molecule has 0 saturated heterocycles. The lowest BCUT2D eigenvalue weighted by Gasteiger charge is -2.28. The largest absolute Gasteiger partial charge is 0.391 e. The lowest BCUT2D eigenvalue weighted by atomic mass is 9.93. The molecule has 5 nitrogen and oxygen atoms in total. The van der Waals surface area contributed by atoms with Crippen LogP contribution in [0.15, 0.2) is 0 Å². The van der Waals surface area contributed by atoms with Crippen molar-refractivity contribution in [3.63, 3.8) is 0 Å². The quantitative estimate of drug-likeness (QED) is 0.634. The molecule has 3 N–H and O–H groups in total. The Balaban J connectivity index is 1.88. The van der Waals surface area contributed by atoms with E-state index in [-0.39, 0.29) is 12.1 Å². The minimum Gasteiger partial charge on any atom is -0.391 e. The van der Waals surface area contributed by atoms with Gasteiger partial charge < -0.3 is 5.11 Å². The van der Waals surface area contributed by atoms with E-state index in [0.29, 0.717) is 6.42 Å². The van der Waals surface area contributed by atoms with E-state index in [0.717, 1.165) is 32.1 Å². The Labute approximate surface area is 90.4 Å². The first-order chi connectivity index (χ1) is 7.07. The van der Waals surface area contributed by atoms with Crippen molar-refractivity contribution in [3.8, 4) is 0 Å². The van der Waals surface area contributed by atoms with Crippen molar-refractivity contribution < 1.29 is 13.5 Å². The molecule has 0 radical (unpaired) electrons. The van der Waals surface area contributed by atoms with Crippen molar-refractivity contribution in [1.82, 2.24) is 9.44 Å². The van der Waals surface area contributed by atoms with Gasteiger partial charge in [-0.25, -0.2) is 0 Å². The fraction of sp³-hybridized carbons (Fsp3) is 1.00. The predicted octanol–water partition coefficient (Wildman–Crippen LogP) is -0.124. The zero-order valence-corrected chi connectivity index (χ0v) is 9.46. The second-order valence-corrected chi connectivity index (χ2v) is 5.95. The number of hydrogen-bond donors (Lipinski definition) is 3. The van der Waals surface area contributed by atoms with E-state index < -0.39 is 16.3 Å². The minimum atomic E-state index is -3.41. The van der Waals surface area contributed by atoms with Crippen LogP contribution in [0.3, 0.4) is 0 Å². The molecule has 2 fully saturated rings. The van der Waals surface area contributed by atoms with E-state index in [1.807, 2.05) is 0 Å². The maximum Gasteiger partial charge on any atom is 0.277 e. The Morgan fingerprint density at radius 2 is 1.67 bits per heavy atom. The summed E-state index contributed by atoms with van der Waals surface area (Å²) < 4.78 is 28.2. The van der Waals surface area contributed by atoms with Gasteiger partial charge in [0.1, 0.15) is 0 Å². The molecule has 0 aromatic carbocycles. The summed E-state index contributed by atoms with van der Waals surface area (Å²) in [5, 5.41) is 9.63. The Morgan fingerprint density at radius 1 is 1.00 bits per heavy atom. The van der Waals surface area contributed by atoms with Gasteiger partial charge in [-0.1, -0.05) is 12.8 Å². The normalized spacial score (nSPS) is 32.9. The van der Waals surface area contributed by atoms with Crippen LogP contribution in [0.5, 0.6) is 0 Å². The van der Waals surface area contributed by atoms with Gasteiger partial charge in [0.2, 0.25) is 0 Å². The van der Waals surface area contributed by atoms with Gasteiger partial charge in [-0.2, -0.15) is 17.9 Å². The van der Waals surface area contributed by atoms with Crippen LogP contribution in [0.4, 0.5) is 0 Å². The van der Waals surface area contributed by atoms with Gasteiger partial charge in [-0.3, -0.25) is 0 Å². The first-order valence-electron chi connectivity index (χ1n) is 5.54. The Bertz CT molecular complexity index is 313. The topological polar surface area (TPSA) is 78.4 Å². The third-order valence-corrected chi connectivity index (χ3v) is 4.19. The molecule has 0 heterocycles. The van der Waals surface area contributed by atoms with Crippen molar-refractivity contribution >= 4 is 10.2 Å². The zero-order chi connectivity index (χ0) is 10.9. The first-order valence-corrected chi connectivity index (χ1v) is 7.03. The Morgan fingerprint density at radius 3 is 2.27 bits per heavy atom. The third-order valence-electron chi connectivity index (χ3n) is 2.94. The van der Waals surface area contributed by atoms with E-state index in [1.165, 1.54) is 0 Å². The molecular weight excluding hydrogens is 216 g/mol. The molecule has 0 aromatic heterocycles. The number of hydrogen-bond acceptors (Lipinski definition) is 3. The number of rotatable bonds is 4. The van der Waals surface area contributed by atoms with Crippen LogP contribution >= 0.6 is 0 Å². The van der Waals surface area contributed by atoms with Gasteiger partial charge >= 0.3 is 0 Å². The molecule has 0 aliphatic heterocycles. The number of aliphatic hydroxyl groups is 1. The molecule has 0 aromatic rings. The second kappa shape index (κ2) is 4.37. The van der Waals surface area contributed by atoms with Crippen LogP contribution in [0.25, 0.3) is 0 Å². The fourth-order valence-electron chi connectivity index (χ4n) is 1.90. The van der Waals surface area contributed by atoms with Crippen LogP contribution in [0.1, 0.15) is 38.5 Å². The predicted molar refractivity (Wildman–Crippen MR) is 56.5 cm³/mol. The molecule has 0 unspecified atom stereocenters. The SMILES string of the molecule is O=S(=O)(NC1CC1)N[C@H]1CCCC[C@@H]1O. The highest BCUT2D eigenvalue weighted by atomic mass is 32.2. The van der Waals surface area contributed by atoms with Crippen molar-refractivity contribution in [3.05, 3.63) is 0 Å². The van der Waals surface area contributed by atoms with Crippen LogP contribution in [0, 0.1) is 0 Å². The van der Waals surface area contributed by atoms with Crippen molar-refractivity contribution in [2.45, 2.75) is 56.7 Å². The van der Waals surface area contributed by atoms with Gasteiger partial charge in [-0.15, -0.1) is 0 Å². The summed E-state index contributed by atoms with van der Waals surface area (Å²) in [5.74, 6) is 0. The summed E-state index contributed by atoms with van der Waals surface area (Å²) in [5.41, 5.74) is 0. The standard InChI is InChI=1S/C9H18N2O3S/c12-9-4-2-1-3-8(9)11-15(13,14)10-7-5-6-7/h7-12H,1-6H2/t8-,9-/m0/s1. The van der Waals surface area contributed by atoms with E-state index in [2.05, 4.69) is 9.44 Å². The average molecular weight is 234 g/mol. The number of aliphatic hydroxyl groups excluding tert-OH is 1. The zero-order valence-electron chi connectivity index (χ0n) is 8.65. The highest BCUT2D eigenvalue weighted by Crippen LogP contribution is 2.21. The molecule has 2 aliphatic carbocycles.